The fraction of sp³-hybridized carbons (Fsp3) is 0.688. The average Bonchev–Trinajstić information content (AvgIpc) is 2.38. The molecule has 0 unspecified atom stereocenters. The summed E-state index contributed by atoms with van der Waals surface area (Å²) in [6.07, 6.45) is 15.3. The highest BCUT2D eigenvalue weighted by atomic mass is 14.9. The van der Waals surface area contributed by atoms with Crippen LogP contribution >= 0.6 is 0 Å². The third-order valence-electron chi connectivity index (χ3n) is 3.35. The summed E-state index contributed by atoms with van der Waals surface area (Å²) in [4.78, 5) is 0. The number of aryl methyl sites for hydroxylation is 2. The van der Waals surface area contributed by atoms with E-state index in [-0.39, 0.29) is 0 Å². The second-order valence-corrected chi connectivity index (χ2v) is 4.92. The van der Waals surface area contributed by atoms with E-state index in [1.54, 1.807) is 0 Å². The van der Waals surface area contributed by atoms with Gasteiger partial charge in [-0.05, 0) is 18.9 Å². The third kappa shape index (κ3) is 6.45. The first kappa shape index (κ1) is 14.2. The summed E-state index contributed by atoms with van der Waals surface area (Å²) >= 11 is 0. The van der Waals surface area contributed by atoms with Gasteiger partial charge in [-0.25, -0.2) is 4.57 Å². The number of rotatable bonds is 9. The van der Waals surface area contributed by atoms with E-state index in [2.05, 4.69) is 42.9 Å². The number of unbranched alkanes of at least 4 members (excludes halogenated alkanes) is 6. The number of hydrogen-bond acceptors (Lipinski definition) is 0. The maximum atomic E-state index is 2.34. The minimum absolute atomic E-state index is 1.14. The predicted molar refractivity (Wildman–Crippen MR) is 74.0 cm³/mol. The molecule has 0 aromatic carbocycles. The molecule has 0 aliphatic carbocycles. The van der Waals surface area contributed by atoms with E-state index in [0.29, 0.717) is 0 Å². The van der Waals surface area contributed by atoms with Gasteiger partial charge in [-0.1, -0.05) is 46.0 Å². The standard InChI is InChI=1S/C16H28N/c1-3-5-6-7-8-9-10-13-17-14-11-12-16(4-2)15-17/h11-12,14-15H,3-10,13H2,1-2H3/q+1. The second kappa shape index (κ2) is 9.21. The van der Waals surface area contributed by atoms with E-state index in [1.165, 1.54) is 57.1 Å². The Labute approximate surface area is 107 Å². The van der Waals surface area contributed by atoms with Gasteiger partial charge in [0.2, 0.25) is 0 Å². The van der Waals surface area contributed by atoms with Gasteiger partial charge in [-0.15, -0.1) is 0 Å². The van der Waals surface area contributed by atoms with Crippen LogP contribution in [0.15, 0.2) is 24.5 Å². The number of hydrogen-bond donors (Lipinski definition) is 0. The lowest BCUT2D eigenvalue weighted by molar-refractivity contribution is -0.697. The van der Waals surface area contributed by atoms with Crippen molar-refractivity contribution >= 4 is 0 Å². The van der Waals surface area contributed by atoms with Crippen molar-refractivity contribution in [2.24, 2.45) is 0 Å². The van der Waals surface area contributed by atoms with Crippen LogP contribution in [0.3, 0.4) is 0 Å². The highest BCUT2D eigenvalue weighted by molar-refractivity contribution is 5.04. The summed E-state index contributed by atoms with van der Waals surface area (Å²) in [5, 5.41) is 0. The minimum atomic E-state index is 1.14. The molecule has 0 aliphatic heterocycles. The van der Waals surface area contributed by atoms with E-state index in [4.69, 9.17) is 0 Å². The zero-order chi connectivity index (χ0) is 12.3. The molecule has 96 valence electrons. The van der Waals surface area contributed by atoms with Crippen molar-refractivity contribution in [1.82, 2.24) is 0 Å². The highest BCUT2D eigenvalue weighted by Gasteiger charge is 2.01. The molecule has 0 bridgehead atoms. The van der Waals surface area contributed by atoms with Gasteiger partial charge in [0.1, 0.15) is 6.54 Å². The summed E-state index contributed by atoms with van der Waals surface area (Å²) < 4.78 is 2.34. The molecule has 17 heavy (non-hydrogen) atoms. The zero-order valence-corrected chi connectivity index (χ0v) is 11.6. The van der Waals surface area contributed by atoms with E-state index in [1.807, 2.05) is 0 Å². The Morgan fingerprint density at radius 2 is 1.65 bits per heavy atom. The molecule has 0 saturated heterocycles. The lowest BCUT2D eigenvalue weighted by atomic mass is 10.1. The molecule has 0 radical (unpaired) electrons. The van der Waals surface area contributed by atoms with Crippen LogP contribution in [0.2, 0.25) is 0 Å². The molecule has 1 aromatic rings. The molecular formula is C16H28N+. The summed E-state index contributed by atoms with van der Waals surface area (Å²) in [6.45, 7) is 5.67. The average molecular weight is 234 g/mol. The molecule has 1 heteroatoms. The quantitative estimate of drug-likeness (QED) is 0.443. The first-order valence-corrected chi connectivity index (χ1v) is 7.34. The van der Waals surface area contributed by atoms with Gasteiger partial charge in [0.15, 0.2) is 12.4 Å². The topological polar surface area (TPSA) is 3.88 Å². The van der Waals surface area contributed by atoms with Crippen LogP contribution in [0.1, 0.15) is 64.4 Å². The van der Waals surface area contributed by atoms with Crippen molar-refractivity contribution in [3.8, 4) is 0 Å². The van der Waals surface area contributed by atoms with Crippen LogP contribution in [0.5, 0.6) is 0 Å². The molecule has 1 aromatic heterocycles. The molecule has 0 spiro atoms. The normalized spacial score (nSPS) is 10.7. The van der Waals surface area contributed by atoms with Gasteiger partial charge < -0.3 is 0 Å². The number of nitrogens with zero attached hydrogens (tertiary/aromatic N) is 1. The zero-order valence-electron chi connectivity index (χ0n) is 11.6. The lowest BCUT2D eigenvalue weighted by Gasteiger charge is -2.00. The van der Waals surface area contributed by atoms with Crippen molar-refractivity contribution in [2.45, 2.75) is 71.8 Å². The summed E-state index contributed by atoms with van der Waals surface area (Å²) in [5.74, 6) is 0. The molecule has 0 fully saturated rings. The second-order valence-electron chi connectivity index (χ2n) is 4.92. The first-order valence-electron chi connectivity index (χ1n) is 7.34. The van der Waals surface area contributed by atoms with Crippen LogP contribution < -0.4 is 4.57 Å². The van der Waals surface area contributed by atoms with Crippen LogP contribution in [-0.2, 0) is 13.0 Å². The van der Waals surface area contributed by atoms with Crippen LogP contribution in [0.25, 0.3) is 0 Å². The Bertz CT molecular complexity index is 293. The number of pyridine rings is 1. The van der Waals surface area contributed by atoms with E-state index in [9.17, 15) is 0 Å². The van der Waals surface area contributed by atoms with Crippen molar-refractivity contribution in [3.63, 3.8) is 0 Å². The smallest absolute Gasteiger partial charge is 0.171 e. The fourth-order valence-electron chi connectivity index (χ4n) is 2.18. The molecule has 1 rings (SSSR count). The Balaban J connectivity index is 2.09. The van der Waals surface area contributed by atoms with E-state index >= 15 is 0 Å². The monoisotopic (exact) mass is 234 g/mol. The minimum Gasteiger partial charge on any atom is -0.205 e. The van der Waals surface area contributed by atoms with Gasteiger partial charge >= 0.3 is 0 Å². The Hall–Kier alpha value is -0.850. The van der Waals surface area contributed by atoms with Gasteiger partial charge in [0.05, 0.1) is 0 Å². The summed E-state index contributed by atoms with van der Waals surface area (Å²) in [7, 11) is 0. The van der Waals surface area contributed by atoms with Gasteiger partial charge in [-0.3, -0.25) is 0 Å². The molecule has 1 nitrogen and oxygen atoms in total. The molecule has 0 N–H and O–H groups in total. The molecule has 1 heterocycles. The molecule has 0 amide bonds. The van der Waals surface area contributed by atoms with E-state index in [0.717, 1.165) is 6.42 Å². The predicted octanol–water partition coefficient (Wildman–Crippen LogP) is 4.29. The van der Waals surface area contributed by atoms with Gasteiger partial charge in [0.25, 0.3) is 0 Å². The molecule has 0 aliphatic rings. The Kier molecular flexibility index (Phi) is 7.70. The molecular weight excluding hydrogens is 206 g/mol. The SMILES string of the molecule is CCCCCCCCC[n+]1cccc(CC)c1. The van der Waals surface area contributed by atoms with Crippen molar-refractivity contribution in [3.05, 3.63) is 30.1 Å². The summed E-state index contributed by atoms with van der Waals surface area (Å²) in [5.41, 5.74) is 1.44. The van der Waals surface area contributed by atoms with Gasteiger partial charge in [-0.2, -0.15) is 0 Å². The van der Waals surface area contributed by atoms with E-state index < -0.39 is 0 Å². The third-order valence-corrected chi connectivity index (χ3v) is 3.35. The van der Waals surface area contributed by atoms with Crippen LogP contribution in [0, 0.1) is 0 Å². The number of aromatic nitrogens is 1. The maximum Gasteiger partial charge on any atom is 0.171 e. The van der Waals surface area contributed by atoms with Gasteiger partial charge in [0, 0.05) is 18.1 Å². The highest BCUT2D eigenvalue weighted by Crippen LogP contribution is 2.06. The fourth-order valence-corrected chi connectivity index (χ4v) is 2.18. The largest absolute Gasteiger partial charge is 0.205 e. The van der Waals surface area contributed by atoms with Crippen LogP contribution in [0.4, 0.5) is 0 Å². The molecule has 0 atom stereocenters. The van der Waals surface area contributed by atoms with Crippen molar-refractivity contribution < 1.29 is 4.57 Å². The molecule has 0 saturated carbocycles. The maximum absolute atomic E-state index is 2.34. The van der Waals surface area contributed by atoms with Crippen molar-refractivity contribution in [1.29, 1.82) is 0 Å². The van der Waals surface area contributed by atoms with Crippen LogP contribution in [-0.4, -0.2) is 0 Å². The Morgan fingerprint density at radius 1 is 0.941 bits per heavy atom. The summed E-state index contributed by atoms with van der Waals surface area (Å²) in [6, 6.07) is 4.38. The first-order chi connectivity index (χ1) is 8.36. The lowest BCUT2D eigenvalue weighted by Crippen LogP contribution is -2.33. The van der Waals surface area contributed by atoms with Crippen molar-refractivity contribution in [2.75, 3.05) is 0 Å². The Morgan fingerprint density at radius 3 is 2.35 bits per heavy atom.